The van der Waals surface area contributed by atoms with Gasteiger partial charge in [0.05, 0.1) is 5.69 Å². The van der Waals surface area contributed by atoms with E-state index in [1.807, 2.05) is 11.3 Å². The molecule has 0 spiro atoms. The molecule has 112 valence electrons. The molecule has 1 aliphatic carbocycles. The molecule has 2 nitrogen and oxygen atoms in total. The second-order valence-electron chi connectivity index (χ2n) is 6.00. The second kappa shape index (κ2) is 6.29. The Hall–Kier alpha value is -1.19. The van der Waals surface area contributed by atoms with Crippen molar-refractivity contribution in [1.82, 2.24) is 4.98 Å². The minimum Gasteiger partial charge on any atom is -0.326 e. The van der Waals surface area contributed by atoms with Crippen molar-refractivity contribution in [2.45, 2.75) is 57.4 Å². The number of aromatic nitrogens is 1. The third-order valence-electron chi connectivity index (χ3n) is 4.64. The SMILES string of the molecule is CCCc1nc(C2(c3ccccc3)CCCC2)sc1CN. The molecule has 1 heterocycles. The predicted octanol–water partition coefficient (Wildman–Crippen LogP) is 4.41. The molecule has 0 unspecified atom stereocenters. The van der Waals surface area contributed by atoms with Crippen LogP contribution in [0.2, 0.25) is 0 Å². The zero-order valence-electron chi connectivity index (χ0n) is 12.8. The number of nitrogens with two attached hydrogens (primary N) is 1. The number of benzene rings is 1. The highest BCUT2D eigenvalue weighted by molar-refractivity contribution is 7.12. The fraction of sp³-hybridized carbons (Fsp3) is 0.500. The van der Waals surface area contributed by atoms with Gasteiger partial charge in [0.2, 0.25) is 0 Å². The lowest BCUT2D eigenvalue weighted by molar-refractivity contribution is 0.530. The first-order chi connectivity index (χ1) is 10.3. The molecule has 1 saturated carbocycles. The van der Waals surface area contributed by atoms with E-state index in [-0.39, 0.29) is 5.41 Å². The Balaban J connectivity index is 2.06. The summed E-state index contributed by atoms with van der Waals surface area (Å²) >= 11 is 1.85. The van der Waals surface area contributed by atoms with Crippen LogP contribution in [0.4, 0.5) is 0 Å². The van der Waals surface area contributed by atoms with Crippen LogP contribution in [0.1, 0.15) is 60.2 Å². The first-order valence-corrected chi connectivity index (χ1v) is 8.86. The van der Waals surface area contributed by atoms with Gasteiger partial charge in [0.25, 0.3) is 0 Å². The topological polar surface area (TPSA) is 38.9 Å². The van der Waals surface area contributed by atoms with Crippen LogP contribution in [-0.2, 0) is 18.4 Å². The number of hydrogen-bond donors (Lipinski definition) is 1. The summed E-state index contributed by atoms with van der Waals surface area (Å²) in [7, 11) is 0. The third-order valence-corrected chi connectivity index (χ3v) is 5.97. The maximum atomic E-state index is 5.95. The van der Waals surface area contributed by atoms with Gasteiger partial charge in [-0.1, -0.05) is 56.5 Å². The van der Waals surface area contributed by atoms with Crippen LogP contribution in [0.3, 0.4) is 0 Å². The van der Waals surface area contributed by atoms with E-state index < -0.39 is 0 Å². The maximum Gasteiger partial charge on any atom is 0.104 e. The average Bonchev–Trinajstić information content (AvgIpc) is 3.16. The quantitative estimate of drug-likeness (QED) is 0.888. The van der Waals surface area contributed by atoms with Crippen LogP contribution in [0, 0.1) is 0 Å². The zero-order chi connectivity index (χ0) is 14.7. The lowest BCUT2D eigenvalue weighted by atomic mass is 9.79. The normalized spacial score (nSPS) is 17.2. The summed E-state index contributed by atoms with van der Waals surface area (Å²) in [6.07, 6.45) is 7.23. The molecule has 0 atom stereocenters. The number of thiazole rings is 1. The van der Waals surface area contributed by atoms with Crippen LogP contribution >= 0.6 is 11.3 Å². The lowest BCUT2D eigenvalue weighted by Crippen LogP contribution is -2.23. The monoisotopic (exact) mass is 300 g/mol. The van der Waals surface area contributed by atoms with E-state index in [0.717, 1.165) is 12.8 Å². The molecule has 21 heavy (non-hydrogen) atoms. The van der Waals surface area contributed by atoms with E-state index in [2.05, 4.69) is 37.3 Å². The van der Waals surface area contributed by atoms with Gasteiger partial charge >= 0.3 is 0 Å². The summed E-state index contributed by atoms with van der Waals surface area (Å²) < 4.78 is 0. The van der Waals surface area contributed by atoms with Crippen molar-refractivity contribution in [3.63, 3.8) is 0 Å². The third kappa shape index (κ3) is 2.65. The van der Waals surface area contributed by atoms with E-state index in [1.165, 1.54) is 46.8 Å². The Morgan fingerprint density at radius 2 is 1.90 bits per heavy atom. The number of nitrogens with zero attached hydrogens (tertiary/aromatic N) is 1. The largest absolute Gasteiger partial charge is 0.326 e. The van der Waals surface area contributed by atoms with Crippen molar-refractivity contribution >= 4 is 11.3 Å². The number of aryl methyl sites for hydroxylation is 1. The van der Waals surface area contributed by atoms with Crippen molar-refractivity contribution < 1.29 is 0 Å². The van der Waals surface area contributed by atoms with Gasteiger partial charge in [0.1, 0.15) is 5.01 Å². The molecule has 1 aliphatic rings. The van der Waals surface area contributed by atoms with Crippen molar-refractivity contribution in [1.29, 1.82) is 0 Å². The number of hydrogen-bond acceptors (Lipinski definition) is 3. The Morgan fingerprint density at radius 3 is 2.52 bits per heavy atom. The summed E-state index contributed by atoms with van der Waals surface area (Å²) in [4.78, 5) is 6.33. The molecule has 1 fully saturated rings. The molecule has 0 amide bonds. The molecule has 0 radical (unpaired) electrons. The van der Waals surface area contributed by atoms with Crippen LogP contribution in [0.25, 0.3) is 0 Å². The molecular weight excluding hydrogens is 276 g/mol. The Kier molecular flexibility index (Phi) is 4.41. The second-order valence-corrected chi connectivity index (χ2v) is 7.08. The highest BCUT2D eigenvalue weighted by Crippen LogP contribution is 2.48. The Labute approximate surface area is 131 Å². The van der Waals surface area contributed by atoms with E-state index in [4.69, 9.17) is 10.7 Å². The Morgan fingerprint density at radius 1 is 1.19 bits per heavy atom. The van der Waals surface area contributed by atoms with Crippen molar-refractivity contribution in [3.8, 4) is 0 Å². The zero-order valence-corrected chi connectivity index (χ0v) is 13.6. The molecule has 1 aromatic carbocycles. The predicted molar refractivity (Wildman–Crippen MR) is 89.7 cm³/mol. The van der Waals surface area contributed by atoms with Crippen LogP contribution in [0.5, 0.6) is 0 Å². The molecule has 3 rings (SSSR count). The molecular formula is C18H24N2S. The van der Waals surface area contributed by atoms with Gasteiger partial charge in [-0.05, 0) is 24.8 Å². The number of rotatable bonds is 5. The van der Waals surface area contributed by atoms with Gasteiger partial charge < -0.3 is 5.73 Å². The molecule has 0 aliphatic heterocycles. The lowest BCUT2D eigenvalue weighted by Gasteiger charge is -2.27. The maximum absolute atomic E-state index is 5.95. The van der Waals surface area contributed by atoms with Gasteiger partial charge in [0.15, 0.2) is 0 Å². The molecule has 2 N–H and O–H groups in total. The van der Waals surface area contributed by atoms with Gasteiger partial charge in [-0.2, -0.15) is 0 Å². The minimum atomic E-state index is 0.141. The molecule has 0 saturated heterocycles. The van der Waals surface area contributed by atoms with Crippen molar-refractivity contribution in [2.75, 3.05) is 0 Å². The van der Waals surface area contributed by atoms with Gasteiger partial charge in [-0.3, -0.25) is 0 Å². The summed E-state index contributed by atoms with van der Waals surface area (Å²) in [5, 5.41) is 1.30. The van der Waals surface area contributed by atoms with Crippen molar-refractivity contribution in [3.05, 3.63) is 51.5 Å². The van der Waals surface area contributed by atoms with Crippen LogP contribution in [0.15, 0.2) is 30.3 Å². The molecule has 2 aromatic rings. The Bertz CT molecular complexity index is 583. The molecule has 1 aromatic heterocycles. The molecule has 0 bridgehead atoms. The van der Waals surface area contributed by atoms with Gasteiger partial charge in [0, 0.05) is 16.8 Å². The summed E-state index contributed by atoms with van der Waals surface area (Å²) in [6.45, 7) is 2.83. The van der Waals surface area contributed by atoms with E-state index in [9.17, 15) is 0 Å². The summed E-state index contributed by atoms with van der Waals surface area (Å²) in [5.41, 5.74) is 8.76. The van der Waals surface area contributed by atoms with Gasteiger partial charge in [-0.25, -0.2) is 4.98 Å². The fourth-order valence-corrected chi connectivity index (χ4v) is 4.80. The smallest absolute Gasteiger partial charge is 0.104 e. The first-order valence-electron chi connectivity index (χ1n) is 8.05. The summed E-state index contributed by atoms with van der Waals surface area (Å²) in [6, 6.07) is 10.9. The minimum absolute atomic E-state index is 0.141. The van der Waals surface area contributed by atoms with E-state index >= 15 is 0 Å². The average molecular weight is 300 g/mol. The standard InChI is InChI=1S/C18H24N2S/c1-2-8-15-16(13-19)21-17(20-15)18(11-6-7-12-18)14-9-4-3-5-10-14/h3-5,9-10H,2,6-8,11-13,19H2,1H3. The van der Waals surface area contributed by atoms with E-state index in [1.54, 1.807) is 0 Å². The fourth-order valence-electron chi connectivity index (χ4n) is 3.54. The van der Waals surface area contributed by atoms with Gasteiger partial charge in [-0.15, -0.1) is 11.3 Å². The summed E-state index contributed by atoms with van der Waals surface area (Å²) in [5.74, 6) is 0. The highest BCUT2D eigenvalue weighted by atomic mass is 32.1. The van der Waals surface area contributed by atoms with Crippen LogP contribution in [-0.4, -0.2) is 4.98 Å². The van der Waals surface area contributed by atoms with Crippen LogP contribution < -0.4 is 5.73 Å². The highest BCUT2D eigenvalue weighted by Gasteiger charge is 2.40. The van der Waals surface area contributed by atoms with E-state index in [0.29, 0.717) is 6.54 Å². The molecule has 3 heteroatoms. The first kappa shape index (κ1) is 14.7. The van der Waals surface area contributed by atoms with Crippen molar-refractivity contribution in [2.24, 2.45) is 5.73 Å².